The summed E-state index contributed by atoms with van der Waals surface area (Å²) >= 11 is 0. The number of rotatable bonds is 6. The lowest BCUT2D eigenvalue weighted by molar-refractivity contribution is -0.126. The molecule has 7 nitrogen and oxygen atoms in total. The Hall–Kier alpha value is -1.64. The average Bonchev–Trinajstić information content (AvgIpc) is 2.61. The molecule has 0 spiro atoms. The summed E-state index contributed by atoms with van der Waals surface area (Å²) in [6.45, 7) is 4.57. The lowest BCUT2D eigenvalue weighted by atomic mass is 9.97. The zero-order valence-corrected chi connectivity index (χ0v) is 17.0. The number of carbonyl (C=O) groups excluding carboxylic acids is 1. The predicted molar refractivity (Wildman–Crippen MR) is 101 cm³/mol. The summed E-state index contributed by atoms with van der Waals surface area (Å²) in [6, 6.07) is 5.65. The van der Waals surface area contributed by atoms with Crippen molar-refractivity contribution in [2.24, 2.45) is 5.92 Å². The van der Waals surface area contributed by atoms with E-state index in [-0.39, 0.29) is 24.4 Å². The first-order valence-electron chi connectivity index (χ1n) is 8.79. The number of piperidine rings is 1. The summed E-state index contributed by atoms with van der Waals surface area (Å²) in [4.78, 5) is 12.7. The van der Waals surface area contributed by atoms with Crippen molar-refractivity contribution in [1.29, 1.82) is 0 Å². The Kier molecular flexibility index (Phi) is 6.65. The summed E-state index contributed by atoms with van der Waals surface area (Å²) in [5.41, 5.74) is 2.00. The van der Waals surface area contributed by atoms with Gasteiger partial charge in [0.25, 0.3) is 10.2 Å². The second-order valence-corrected chi connectivity index (χ2v) is 9.09. The molecule has 2 rings (SSSR count). The van der Waals surface area contributed by atoms with Crippen LogP contribution in [0.25, 0.3) is 0 Å². The SMILES string of the molecule is COc1ccc([C@@H](C)NC(=O)[C@H]2CCCN(S(=O)(=O)N(C)C)C2)cc1C. The fourth-order valence-electron chi connectivity index (χ4n) is 3.18. The van der Waals surface area contributed by atoms with Crippen LogP contribution in [-0.4, -0.2) is 57.2 Å². The van der Waals surface area contributed by atoms with Crippen LogP contribution in [0, 0.1) is 12.8 Å². The number of carbonyl (C=O) groups is 1. The van der Waals surface area contributed by atoms with Crippen LogP contribution in [0.4, 0.5) is 0 Å². The lowest BCUT2D eigenvalue weighted by Gasteiger charge is -2.33. The quantitative estimate of drug-likeness (QED) is 0.811. The molecule has 0 aliphatic carbocycles. The van der Waals surface area contributed by atoms with Crippen LogP contribution in [0.3, 0.4) is 0 Å². The van der Waals surface area contributed by atoms with Gasteiger partial charge in [-0.2, -0.15) is 17.0 Å². The summed E-state index contributed by atoms with van der Waals surface area (Å²) in [6.07, 6.45) is 1.38. The molecule has 1 aliphatic heterocycles. The molecule has 0 bridgehead atoms. The van der Waals surface area contributed by atoms with Gasteiger partial charge in [0.15, 0.2) is 0 Å². The maximum atomic E-state index is 12.7. The van der Waals surface area contributed by atoms with Crippen molar-refractivity contribution in [2.45, 2.75) is 32.7 Å². The molecule has 0 aromatic heterocycles. The highest BCUT2D eigenvalue weighted by atomic mass is 32.2. The van der Waals surface area contributed by atoms with Gasteiger partial charge in [0, 0.05) is 27.2 Å². The smallest absolute Gasteiger partial charge is 0.281 e. The summed E-state index contributed by atoms with van der Waals surface area (Å²) in [5, 5.41) is 3.02. The third-order valence-corrected chi connectivity index (χ3v) is 6.73. The minimum Gasteiger partial charge on any atom is -0.496 e. The second-order valence-electron chi connectivity index (χ2n) is 6.95. The number of amides is 1. The maximum Gasteiger partial charge on any atom is 0.281 e. The van der Waals surface area contributed by atoms with E-state index in [2.05, 4.69) is 5.32 Å². The van der Waals surface area contributed by atoms with Crippen molar-refractivity contribution in [1.82, 2.24) is 13.9 Å². The standard InChI is InChI=1S/C18H29N3O4S/c1-13-11-15(8-9-17(13)25-5)14(2)19-18(22)16-7-6-10-21(12-16)26(23,24)20(3)4/h8-9,11,14,16H,6-7,10,12H2,1-5H3,(H,19,22)/t14-,16+/m1/s1. The van der Waals surface area contributed by atoms with Crippen molar-refractivity contribution < 1.29 is 17.9 Å². The fourth-order valence-corrected chi connectivity index (χ4v) is 4.37. The first-order chi connectivity index (χ1) is 12.2. The third kappa shape index (κ3) is 4.55. The summed E-state index contributed by atoms with van der Waals surface area (Å²) in [7, 11) is 1.16. The van der Waals surface area contributed by atoms with E-state index in [1.54, 1.807) is 7.11 Å². The van der Waals surface area contributed by atoms with Gasteiger partial charge in [-0.25, -0.2) is 0 Å². The Morgan fingerprint density at radius 3 is 2.65 bits per heavy atom. The van der Waals surface area contributed by atoms with E-state index < -0.39 is 10.2 Å². The summed E-state index contributed by atoms with van der Waals surface area (Å²) in [5.74, 6) is 0.369. The number of methoxy groups -OCH3 is 1. The third-order valence-electron chi connectivity index (χ3n) is 4.82. The van der Waals surface area contributed by atoms with Gasteiger partial charge in [0.1, 0.15) is 5.75 Å². The first kappa shape index (κ1) is 20.7. The Bertz CT molecular complexity index is 749. The highest BCUT2D eigenvalue weighted by Crippen LogP contribution is 2.24. The van der Waals surface area contributed by atoms with Crippen LogP contribution in [0.15, 0.2) is 18.2 Å². The minimum atomic E-state index is -3.49. The van der Waals surface area contributed by atoms with Crippen LogP contribution in [0.2, 0.25) is 0 Å². The van der Waals surface area contributed by atoms with Gasteiger partial charge in [0.05, 0.1) is 19.1 Å². The number of hydrogen-bond acceptors (Lipinski definition) is 4. The molecule has 1 saturated heterocycles. The van der Waals surface area contributed by atoms with Crippen LogP contribution in [-0.2, 0) is 15.0 Å². The Morgan fingerprint density at radius 1 is 1.38 bits per heavy atom. The molecule has 1 aromatic rings. The molecule has 1 aliphatic rings. The van der Waals surface area contributed by atoms with Crippen molar-refractivity contribution in [2.75, 3.05) is 34.3 Å². The molecule has 8 heteroatoms. The van der Waals surface area contributed by atoms with E-state index in [1.165, 1.54) is 22.7 Å². The number of ether oxygens (including phenoxy) is 1. The van der Waals surface area contributed by atoms with Crippen LogP contribution in [0.5, 0.6) is 5.75 Å². The molecule has 1 fully saturated rings. The monoisotopic (exact) mass is 383 g/mol. The highest BCUT2D eigenvalue weighted by Gasteiger charge is 2.33. The zero-order chi connectivity index (χ0) is 19.5. The molecule has 0 saturated carbocycles. The predicted octanol–water partition coefficient (Wildman–Crippen LogP) is 1.70. The van der Waals surface area contributed by atoms with E-state index >= 15 is 0 Å². The van der Waals surface area contributed by atoms with Gasteiger partial charge in [0.2, 0.25) is 5.91 Å². The molecule has 1 N–H and O–H groups in total. The Labute approximate surface area is 156 Å². The molecule has 26 heavy (non-hydrogen) atoms. The largest absolute Gasteiger partial charge is 0.496 e. The lowest BCUT2D eigenvalue weighted by Crippen LogP contribution is -2.49. The van der Waals surface area contributed by atoms with Crippen LogP contribution < -0.4 is 10.1 Å². The van der Waals surface area contributed by atoms with Crippen LogP contribution >= 0.6 is 0 Å². The number of nitrogens with zero attached hydrogens (tertiary/aromatic N) is 2. The summed E-state index contributed by atoms with van der Waals surface area (Å²) < 4.78 is 32.5. The molecule has 1 heterocycles. The number of benzene rings is 1. The van der Waals surface area contributed by atoms with Gasteiger partial charge in [-0.3, -0.25) is 4.79 Å². The molecule has 1 amide bonds. The van der Waals surface area contributed by atoms with E-state index in [4.69, 9.17) is 4.74 Å². The average molecular weight is 384 g/mol. The number of hydrogen-bond donors (Lipinski definition) is 1. The van der Waals surface area contributed by atoms with E-state index in [0.717, 1.165) is 16.9 Å². The molecule has 146 valence electrons. The van der Waals surface area contributed by atoms with Crippen molar-refractivity contribution >= 4 is 16.1 Å². The second kappa shape index (κ2) is 8.37. The van der Waals surface area contributed by atoms with E-state index in [0.29, 0.717) is 19.4 Å². The molecule has 0 radical (unpaired) electrons. The zero-order valence-electron chi connectivity index (χ0n) is 16.2. The number of aryl methyl sites for hydroxylation is 1. The van der Waals surface area contributed by atoms with E-state index in [1.807, 2.05) is 32.0 Å². The van der Waals surface area contributed by atoms with Gasteiger partial charge < -0.3 is 10.1 Å². The Balaban J connectivity index is 2.03. The normalized spacial score (nSPS) is 20.0. The van der Waals surface area contributed by atoms with Crippen molar-refractivity contribution in [3.05, 3.63) is 29.3 Å². The molecular weight excluding hydrogens is 354 g/mol. The molecular formula is C18H29N3O4S. The topological polar surface area (TPSA) is 79.0 Å². The van der Waals surface area contributed by atoms with Gasteiger partial charge >= 0.3 is 0 Å². The van der Waals surface area contributed by atoms with Gasteiger partial charge in [-0.15, -0.1) is 0 Å². The van der Waals surface area contributed by atoms with Crippen molar-refractivity contribution in [3.63, 3.8) is 0 Å². The molecule has 2 atom stereocenters. The van der Waals surface area contributed by atoms with E-state index in [9.17, 15) is 13.2 Å². The minimum absolute atomic E-state index is 0.107. The van der Waals surface area contributed by atoms with Crippen LogP contribution in [0.1, 0.15) is 36.9 Å². The molecule has 0 unspecified atom stereocenters. The Morgan fingerprint density at radius 2 is 2.08 bits per heavy atom. The first-order valence-corrected chi connectivity index (χ1v) is 10.2. The van der Waals surface area contributed by atoms with Gasteiger partial charge in [-0.05, 0) is 43.9 Å². The highest BCUT2D eigenvalue weighted by molar-refractivity contribution is 7.86. The molecule has 1 aromatic carbocycles. The van der Waals surface area contributed by atoms with Crippen molar-refractivity contribution in [3.8, 4) is 5.75 Å². The maximum absolute atomic E-state index is 12.7. The fraction of sp³-hybridized carbons (Fsp3) is 0.611. The van der Waals surface area contributed by atoms with Gasteiger partial charge in [-0.1, -0.05) is 12.1 Å². The number of nitrogens with one attached hydrogen (secondary N) is 1.